The molecule has 0 bridgehead atoms. The van der Waals surface area contributed by atoms with E-state index in [0.717, 1.165) is 5.56 Å². The fraction of sp³-hybridized carbons (Fsp3) is 0.385. The van der Waals surface area contributed by atoms with Gasteiger partial charge in [-0.25, -0.2) is 9.59 Å². The molecule has 1 aromatic carbocycles. The molecule has 0 fully saturated rings. The summed E-state index contributed by atoms with van der Waals surface area (Å²) in [5, 5.41) is 7.12. The molecule has 0 radical (unpaired) electrons. The van der Waals surface area contributed by atoms with Crippen molar-refractivity contribution in [2.45, 2.75) is 31.1 Å². The van der Waals surface area contributed by atoms with Gasteiger partial charge in [-0.15, -0.1) is 0 Å². The summed E-state index contributed by atoms with van der Waals surface area (Å²) in [6.07, 6.45) is -9.93. The number of alkyl halides is 6. The van der Waals surface area contributed by atoms with Gasteiger partial charge in [-0.1, -0.05) is 17.7 Å². The van der Waals surface area contributed by atoms with Crippen LogP contribution in [0.4, 0.5) is 26.3 Å². The Hall–Kier alpha value is -2.35. The van der Waals surface area contributed by atoms with E-state index in [9.17, 15) is 39.6 Å². The summed E-state index contributed by atoms with van der Waals surface area (Å²) in [7, 11) is -4.02. The predicted octanol–water partition coefficient (Wildman–Crippen LogP) is 2.99. The zero-order valence-electron chi connectivity index (χ0n) is 13.6. The van der Waals surface area contributed by atoms with E-state index in [2.05, 4.69) is 4.74 Å². The topological polar surface area (TPSA) is 118 Å². The molecule has 2 N–H and O–H groups in total. The monoisotopic (exact) mass is 428 g/mol. The quantitative estimate of drug-likeness (QED) is 0.422. The number of benzene rings is 1. The van der Waals surface area contributed by atoms with Crippen LogP contribution in [0.25, 0.3) is 0 Å². The standard InChI is InChI=1S/C7H8O3S.C4H5F3O2.C2HF3O2/c1-6-2-4-7(5-3-6)11(8,9)10;1-2-9-3(8)4(5,6)7;3-2(4,5)1(6)7/h2-5H,1H3,(H,8,9,10);2H2,1H3;(H,6,7). The second-order valence-corrected chi connectivity index (χ2v) is 5.73. The van der Waals surface area contributed by atoms with Crippen molar-refractivity contribution in [3.8, 4) is 0 Å². The first-order valence-electron chi connectivity index (χ1n) is 6.51. The summed E-state index contributed by atoms with van der Waals surface area (Å²) in [6, 6.07) is 5.99. The smallest absolute Gasteiger partial charge is 0.475 e. The maximum Gasteiger partial charge on any atom is 0.490 e. The normalized spacial score (nSPS) is 11.3. The second kappa shape index (κ2) is 10.7. The second-order valence-electron chi connectivity index (χ2n) is 4.31. The Kier molecular flexibility index (Phi) is 10.7. The van der Waals surface area contributed by atoms with Gasteiger partial charge < -0.3 is 9.84 Å². The highest BCUT2D eigenvalue weighted by molar-refractivity contribution is 7.85. The first-order chi connectivity index (χ1) is 11.9. The number of rotatable bonds is 2. The third kappa shape index (κ3) is 13.5. The predicted molar refractivity (Wildman–Crippen MR) is 77.4 cm³/mol. The maximum absolute atomic E-state index is 11.2. The van der Waals surface area contributed by atoms with Crippen LogP contribution < -0.4 is 0 Å². The molecule has 0 aliphatic heterocycles. The van der Waals surface area contributed by atoms with E-state index in [1.165, 1.54) is 19.1 Å². The molecule has 0 aliphatic carbocycles. The lowest BCUT2D eigenvalue weighted by atomic mass is 10.2. The number of carbonyl (C=O) groups excluding carboxylic acids is 1. The average Bonchev–Trinajstić information content (AvgIpc) is 2.46. The molecule has 14 heteroatoms. The minimum Gasteiger partial charge on any atom is -0.475 e. The van der Waals surface area contributed by atoms with Crippen molar-refractivity contribution in [1.29, 1.82) is 0 Å². The molecule has 0 aromatic heterocycles. The number of carboxylic acids is 1. The number of esters is 1. The Morgan fingerprint density at radius 2 is 1.37 bits per heavy atom. The van der Waals surface area contributed by atoms with Gasteiger partial charge in [0, 0.05) is 0 Å². The molecular weight excluding hydrogens is 414 g/mol. The molecule has 1 aromatic rings. The van der Waals surface area contributed by atoms with Crippen LogP contribution in [0.5, 0.6) is 0 Å². The zero-order valence-corrected chi connectivity index (χ0v) is 14.4. The SMILES string of the molecule is CCOC(=O)C(F)(F)F.Cc1ccc(S(=O)(=O)O)cc1.O=C(O)C(F)(F)F. The molecule has 0 heterocycles. The largest absolute Gasteiger partial charge is 0.490 e. The number of hydrogen-bond donors (Lipinski definition) is 2. The van der Waals surface area contributed by atoms with Gasteiger partial charge in [0.25, 0.3) is 10.1 Å². The number of aryl methyl sites for hydroxylation is 1. The summed E-state index contributed by atoms with van der Waals surface area (Å²) >= 11 is 0. The van der Waals surface area contributed by atoms with Crippen LogP contribution in [0.3, 0.4) is 0 Å². The zero-order chi connectivity index (χ0) is 22.1. The molecule has 0 aliphatic rings. The summed E-state index contributed by atoms with van der Waals surface area (Å²) in [5.74, 6) is -4.89. The number of carboxylic acid groups (broad SMARTS) is 1. The minimum atomic E-state index is -5.08. The van der Waals surface area contributed by atoms with Crippen molar-refractivity contribution in [1.82, 2.24) is 0 Å². The van der Waals surface area contributed by atoms with Gasteiger partial charge in [-0.05, 0) is 26.0 Å². The van der Waals surface area contributed by atoms with Gasteiger partial charge in [0.1, 0.15) is 0 Å². The third-order valence-corrected chi connectivity index (χ3v) is 2.94. The van der Waals surface area contributed by atoms with E-state index in [1.54, 1.807) is 12.1 Å². The van der Waals surface area contributed by atoms with Gasteiger partial charge in [-0.2, -0.15) is 34.8 Å². The number of ether oxygens (including phenoxy) is 1. The molecule has 0 unspecified atom stereocenters. The van der Waals surface area contributed by atoms with Gasteiger partial charge >= 0.3 is 24.3 Å². The number of hydrogen-bond acceptors (Lipinski definition) is 5. The summed E-state index contributed by atoms with van der Waals surface area (Å²) < 4.78 is 98.4. The van der Waals surface area contributed by atoms with E-state index in [0.29, 0.717) is 0 Å². The van der Waals surface area contributed by atoms with Crippen molar-refractivity contribution in [2.24, 2.45) is 0 Å². The molecule has 7 nitrogen and oxygen atoms in total. The molecule has 0 saturated carbocycles. The van der Waals surface area contributed by atoms with Crippen LogP contribution in [0.1, 0.15) is 12.5 Å². The highest BCUT2D eigenvalue weighted by Gasteiger charge is 2.40. The first-order valence-corrected chi connectivity index (χ1v) is 7.95. The lowest BCUT2D eigenvalue weighted by molar-refractivity contribution is -0.199. The van der Waals surface area contributed by atoms with Crippen LogP contribution in [-0.2, 0) is 24.4 Å². The van der Waals surface area contributed by atoms with Gasteiger partial charge in [0.05, 0.1) is 11.5 Å². The number of halogens is 6. The van der Waals surface area contributed by atoms with Crippen LogP contribution in [0, 0.1) is 6.92 Å². The average molecular weight is 428 g/mol. The summed E-state index contributed by atoms with van der Waals surface area (Å²) in [6.45, 7) is 2.90. The van der Waals surface area contributed by atoms with E-state index >= 15 is 0 Å². The van der Waals surface area contributed by atoms with E-state index in [1.807, 2.05) is 6.92 Å². The van der Waals surface area contributed by atoms with Crippen LogP contribution in [-0.4, -0.2) is 49.0 Å². The van der Waals surface area contributed by atoms with E-state index < -0.39 is 34.4 Å². The highest BCUT2D eigenvalue weighted by atomic mass is 32.2. The molecule has 156 valence electrons. The van der Waals surface area contributed by atoms with Crippen LogP contribution >= 0.6 is 0 Å². The van der Waals surface area contributed by atoms with Crippen molar-refractivity contribution in [2.75, 3.05) is 6.61 Å². The number of aliphatic carboxylic acids is 1. The highest BCUT2D eigenvalue weighted by Crippen LogP contribution is 2.16. The Morgan fingerprint density at radius 3 is 1.56 bits per heavy atom. The molecule has 0 amide bonds. The maximum atomic E-state index is 11.2. The van der Waals surface area contributed by atoms with Crippen LogP contribution in [0.15, 0.2) is 29.2 Å². The van der Waals surface area contributed by atoms with Crippen LogP contribution in [0.2, 0.25) is 0 Å². The fourth-order valence-corrected chi connectivity index (χ4v) is 1.40. The van der Waals surface area contributed by atoms with Gasteiger partial charge in [-0.3, -0.25) is 4.55 Å². The first kappa shape index (κ1) is 26.9. The van der Waals surface area contributed by atoms with Crippen molar-refractivity contribution < 1.29 is 58.7 Å². The van der Waals surface area contributed by atoms with Crippen molar-refractivity contribution in [3.05, 3.63) is 29.8 Å². The lowest BCUT2D eigenvalue weighted by Crippen LogP contribution is -2.25. The molecule has 1 rings (SSSR count). The molecule has 0 saturated heterocycles. The Labute approximate surface area is 149 Å². The molecular formula is C13H14F6O7S. The number of carbonyl (C=O) groups is 2. The van der Waals surface area contributed by atoms with Crippen molar-refractivity contribution >= 4 is 22.1 Å². The summed E-state index contributed by atoms with van der Waals surface area (Å²) in [5.41, 5.74) is 0.956. The fourth-order valence-electron chi connectivity index (χ4n) is 0.923. The Bertz CT molecular complexity index is 708. The lowest BCUT2D eigenvalue weighted by Gasteiger charge is -2.02. The Morgan fingerprint density at radius 1 is 1.00 bits per heavy atom. The van der Waals surface area contributed by atoms with E-state index in [4.69, 9.17) is 14.5 Å². The van der Waals surface area contributed by atoms with Crippen molar-refractivity contribution in [3.63, 3.8) is 0 Å². The minimum absolute atomic E-state index is 0.0666. The Balaban J connectivity index is 0. The molecule has 27 heavy (non-hydrogen) atoms. The third-order valence-electron chi connectivity index (χ3n) is 2.07. The van der Waals surface area contributed by atoms with Gasteiger partial charge in [0.15, 0.2) is 0 Å². The molecule has 0 atom stereocenters. The summed E-state index contributed by atoms with van der Waals surface area (Å²) in [4.78, 5) is 18.5. The van der Waals surface area contributed by atoms with Gasteiger partial charge in [0.2, 0.25) is 0 Å². The molecule has 0 spiro atoms. The van der Waals surface area contributed by atoms with E-state index in [-0.39, 0.29) is 11.5 Å².